The number of hydrogen-bond donors (Lipinski definition) is 3. The summed E-state index contributed by atoms with van der Waals surface area (Å²) in [7, 11) is 4.68. The van der Waals surface area contributed by atoms with Gasteiger partial charge in [0.2, 0.25) is 23.0 Å². The van der Waals surface area contributed by atoms with E-state index in [-0.39, 0.29) is 28.8 Å². The van der Waals surface area contributed by atoms with Crippen LogP contribution in [0.4, 0.5) is 5.69 Å². The largest absolute Gasteiger partial charge is 0.493 e. The van der Waals surface area contributed by atoms with Crippen molar-refractivity contribution in [2.24, 2.45) is 5.92 Å². The van der Waals surface area contributed by atoms with Crippen LogP contribution in [0, 0.1) is 5.92 Å². The molecule has 1 aliphatic carbocycles. The van der Waals surface area contributed by atoms with Crippen molar-refractivity contribution >= 4 is 44.3 Å². The van der Waals surface area contributed by atoms with Crippen LogP contribution in [-0.4, -0.2) is 50.3 Å². The van der Waals surface area contributed by atoms with Gasteiger partial charge in [-0.25, -0.2) is 0 Å². The maximum absolute atomic E-state index is 13.9. The molecule has 2 amide bonds. The van der Waals surface area contributed by atoms with Crippen LogP contribution in [0.5, 0.6) is 17.2 Å². The van der Waals surface area contributed by atoms with Gasteiger partial charge in [-0.15, -0.1) is 0 Å². The number of rotatable bonds is 12. The molecule has 1 heterocycles. The van der Waals surface area contributed by atoms with E-state index in [0.717, 1.165) is 38.5 Å². The minimum Gasteiger partial charge on any atom is -0.493 e. The molecule has 4 aromatic rings. The summed E-state index contributed by atoms with van der Waals surface area (Å²) in [6.45, 7) is 6.49. The molecule has 0 aliphatic heterocycles. The minimum absolute atomic E-state index is 0.0687. The topological polar surface area (TPSA) is 120 Å². The first-order valence-electron chi connectivity index (χ1n) is 16.2. The summed E-state index contributed by atoms with van der Waals surface area (Å²) in [5.74, 6) is 0.981. The lowest BCUT2D eigenvalue weighted by molar-refractivity contribution is -0.123. The van der Waals surface area contributed by atoms with Crippen molar-refractivity contribution in [1.82, 2.24) is 15.2 Å². The predicted octanol–water partition coefficient (Wildman–Crippen LogP) is 6.22. The van der Waals surface area contributed by atoms with E-state index in [1.54, 1.807) is 33.5 Å². The van der Waals surface area contributed by atoms with Crippen LogP contribution in [0.15, 0.2) is 64.0 Å². The number of aromatic nitrogens is 1. The predicted molar refractivity (Wildman–Crippen MR) is 192 cm³/mol. The molecule has 0 bridgehead atoms. The standard InChI is InChI=1S/C37H43BrN4O6/c1-7-21(2)34(37(45)39-15-17-42-16-14-23-8-10-25(38)19-30(23)42)41-29-13-11-26-27(20-31(29)44)28(40-22(3)43)12-9-24-18-32(46-4)35(47-5)36(48-6)33(24)26/h8,10-11,13-14,16,18-21,28,34H,7,9,12,15,17H2,1-6H3,(H,39,45)(H,40,43)(H,41,44)/t21-,28+,34+/m1/s1. The molecular weight excluding hydrogens is 676 g/mol. The molecule has 3 aromatic carbocycles. The van der Waals surface area contributed by atoms with Crippen LogP contribution in [-0.2, 0) is 22.6 Å². The van der Waals surface area contributed by atoms with E-state index in [0.29, 0.717) is 48.7 Å². The molecule has 5 rings (SSSR count). The van der Waals surface area contributed by atoms with E-state index < -0.39 is 12.1 Å². The van der Waals surface area contributed by atoms with Gasteiger partial charge in [-0.05, 0) is 77.2 Å². The highest BCUT2D eigenvalue weighted by Gasteiger charge is 2.30. The number of nitrogens with one attached hydrogen (secondary N) is 3. The average molecular weight is 720 g/mol. The Labute approximate surface area is 289 Å². The lowest BCUT2D eigenvalue weighted by Gasteiger charge is -2.24. The van der Waals surface area contributed by atoms with E-state index in [1.165, 1.54) is 6.92 Å². The first-order chi connectivity index (χ1) is 23.1. The van der Waals surface area contributed by atoms with E-state index in [2.05, 4.69) is 54.6 Å². The van der Waals surface area contributed by atoms with Gasteiger partial charge in [0.05, 0.1) is 33.1 Å². The zero-order valence-corrected chi connectivity index (χ0v) is 29.8. The molecule has 0 spiro atoms. The van der Waals surface area contributed by atoms with Crippen LogP contribution < -0.4 is 35.6 Å². The normalized spacial score (nSPS) is 14.9. The number of fused-ring (bicyclic) bond motifs is 4. The quantitative estimate of drug-likeness (QED) is 0.159. The van der Waals surface area contributed by atoms with Crippen molar-refractivity contribution in [3.05, 3.63) is 80.6 Å². The molecule has 0 unspecified atom stereocenters. The summed E-state index contributed by atoms with van der Waals surface area (Å²) in [6, 6.07) is 14.1. The summed E-state index contributed by atoms with van der Waals surface area (Å²) in [5, 5.41) is 10.5. The van der Waals surface area contributed by atoms with Crippen LogP contribution in [0.1, 0.15) is 50.8 Å². The van der Waals surface area contributed by atoms with E-state index >= 15 is 0 Å². The number of methoxy groups -OCH3 is 3. The van der Waals surface area contributed by atoms with Gasteiger partial charge in [-0.3, -0.25) is 14.4 Å². The molecule has 1 aliphatic rings. The number of anilines is 1. The fraction of sp³-hybridized carbons (Fsp3) is 0.378. The maximum Gasteiger partial charge on any atom is 0.242 e. The second-order valence-electron chi connectivity index (χ2n) is 12.1. The van der Waals surface area contributed by atoms with Crippen molar-refractivity contribution in [1.29, 1.82) is 0 Å². The molecule has 3 N–H and O–H groups in total. The molecule has 10 nitrogen and oxygen atoms in total. The Kier molecular flexibility index (Phi) is 11.0. The summed E-state index contributed by atoms with van der Waals surface area (Å²) in [6.07, 6.45) is 3.89. The highest BCUT2D eigenvalue weighted by molar-refractivity contribution is 9.10. The van der Waals surface area contributed by atoms with Gasteiger partial charge >= 0.3 is 0 Å². The lowest BCUT2D eigenvalue weighted by Crippen LogP contribution is -2.45. The molecule has 254 valence electrons. The fourth-order valence-electron chi connectivity index (χ4n) is 6.46. The SMILES string of the molecule is CC[C@@H](C)[C@H](Nc1ccc2c(cc1=O)[C@@H](NC(C)=O)CCc1cc(OC)c(OC)c(OC)c1-2)C(=O)NCCn1ccc2ccc(Br)cc21. The second-order valence-corrected chi connectivity index (χ2v) is 13.0. The van der Waals surface area contributed by atoms with Crippen molar-refractivity contribution in [3.8, 4) is 28.4 Å². The van der Waals surface area contributed by atoms with Crippen LogP contribution >= 0.6 is 15.9 Å². The van der Waals surface area contributed by atoms with Gasteiger partial charge in [0, 0.05) is 41.8 Å². The van der Waals surface area contributed by atoms with E-state index in [4.69, 9.17) is 14.2 Å². The number of halogens is 1. The Bertz CT molecular complexity index is 1890. The third-order valence-corrected chi connectivity index (χ3v) is 9.60. The van der Waals surface area contributed by atoms with E-state index in [1.807, 2.05) is 38.2 Å². The van der Waals surface area contributed by atoms with E-state index in [9.17, 15) is 14.4 Å². The maximum atomic E-state index is 13.9. The van der Waals surface area contributed by atoms with Crippen LogP contribution in [0.2, 0.25) is 0 Å². The van der Waals surface area contributed by atoms with Crippen molar-refractivity contribution in [2.75, 3.05) is 33.2 Å². The van der Waals surface area contributed by atoms with Crippen LogP contribution in [0.3, 0.4) is 0 Å². The molecular formula is C37H43BrN4O6. The molecule has 0 fully saturated rings. The molecule has 3 atom stereocenters. The van der Waals surface area contributed by atoms with Gasteiger partial charge in [-0.1, -0.05) is 48.3 Å². The number of aryl methyl sites for hydroxylation is 1. The fourth-order valence-corrected chi connectivity index (χ4v) is 6.81. The van der Waals surface area contributed by atoms with Crippen molar-refractivity contribution < 1.29 is 23.8 Å². The third kappa shape index (κ3) is 7.16. The summed E-state index contributed by atoms with van der Waals surface area (Å²) in [4.78, 5) is 39.9. The van der Waals surface area contributed by atoms with Crippen molar-refractivity contribution in [2.45, 2.75) is 58.7 Å². The van der Waals surface area contributed by atoms with Crippen LogP contribution in [0.25, 0.3) is 22.0 Å². The van der Waals surface area contributed by atoms with Gasteiger partial charge in [-0.2, -0.15) is 0 Å². The smallest absolute Gasteiger partial charge is 0.242 e. The molecule has 0 saturated heterocycles. The minimum atomic E-state index is -0.655. The Hall–Kier alpha value is -4.51. The summed E-state index contributed by atoms with van der Waals surface area (Å²) >= 11 is 3.54. The van der Waals surface area contributed by atoms with Gasteiger partial charge in [0.1, 0.15) is 6.04 Å². The van der Waals surface area contributed by atoms with Crippen molar-refractivity contribution in [3.63, 3.8) is 0 Å². The Morgan fingerprint density at radius 2 is 1.79 bits per heavy atom. The molecule has 0 radical (unpaired) electrons. The number of hydrogen-bond acceptors (Lipinski definition) is 7. The third-order valence-electron chi connectivity index (χ3n) is 9.11. The molecule has 0 saturated carbocycles. The first kappa shape index (κ1) is 34.8. The number of benzene rings is 2. The highest BCUT2D eigenvalue weighted by Crippen LogP contribution is 2.50. The van der Waals surface area contributed by atoms with Gasteiger partial charge in [0.15, 0.2) is 11.5 Å². The monoisotopic (exact) mass is 718 g/mol. The zero-order valence-electron chi connectivity index (χ0n) is 28.2. The lowest BCUT2D eigenvalue weighted by atomic mass is 9.95. The van der Waals surface area contributed by atoms with Gasteiger partial charge < -0.3 is 34.7 Å². The number of carbonyl (C=O) groups is 2. The number of ether oxygens (including phenoxy) is 3. The number of nitrogens with zero attached hydrogens (tertiary/aromatic N) is 1. The van der Waals surface area contributed by atoms with Gasteiger partial charge in [0.25, 0.3) is 0 Å². The molecule has 11 heteroatoms. The Morgan fingerprint density at radius 3 is 2.48 bits per heavy atom. The summed E-state index contributed by atoms with van der Waals surface area (Å²) < 4.78 is 20.3. The average Bonchev–Trinajstić information content (AvgIpc) is 3.32. The Morgan fingerprint density at radius 1 is 1.02 bits per heavy atom. The Balaban J connectivity index is 1.50. The second kappa shape index (κ2) is 15.1. The molecule has 1 aromatic heterocycles. The number of amides is 2. The highest BCUT2D eigenvalue weighted by atomic mass is 79.9. The zero-order chi connectivity index (χ0) is 34.5. The molecule has 48 heavy (non-hydrogen) atoms. The summed E-state index contributed by atoms with van der Waals surface area (Å²) in [5.41, 5.74) is 4.15. The first-order valence-corrected chi connectivity index (χ1v) is 17.0. The number of carbonyl (C=O) groups excluding carboxylic acids is 2.